The molecule has 0 saturated heterocycles. The van der Waals surface area contributed by atoms with Gasteiger partial charge in [0.15, 0.2) is 11.6 Å². The average molecular weight is 220 g/mol. The number of benzene rings is 1. The molecule has 0 amide bonds. The van der Waals surface area contributed by atoms with Crippen LogP contribution in [-0.2, 0) is 0 Å². The van der Waals surface area contributed by atoms with Gasteiger partial charge in [0.1, 0.15) is 0 Å². The Morgan fingerprint density at radius 2 is 1.75 bits per heavy atom. The summed E-state index contributed by atoms with van der Waals surface area (Å²) in [4.78, 5) is 3.84. The predicted molar refractivity (Wildman–Crippen MR) is 56.6 cm³/mol. The van der Waals surface area contributed by atoms with Crippen LogP contribution >= 0.6 is 0 Å². The molecule has 0 bridgehead atoms. The summed E-state index contributed by atoms with van der Waals surface area (Å²) in [5, 5.41) is 0. The van der Waals surface area contributed by atoms with Crippen molar-refractivity contribution in [1.29, 1.82) is 0 Å². The second-order valence-corrected chi connectivity index (χ2v) is 3.40. The molecule has 1 aromatic heterocycles. The summed E-state index contributed by atoms with van der Waals surface area (Å²) >= 11 is 0. The summed E-state index contributed by atoms with van der Waals surface area (Å²) in [7, 11) is 0. The lowest BCUT2D eigenvalue weighted by molar-refractivity contribution is 0.494. The van der Waals surface area contributed by atoms with Crippen molar-refractivity contribution in [2.75, 3.05) is 0 Å². The average Bonchev–Trinajstić information content (AvgIpc) is 2.33. The van der Waals surface area contributed by atoms with E-state index in [0.29, 0.717) is 5.56 Å². The fourth-order valence-corrected chi connectivity index (χ4v) is 1.51. The highest BCUT2D eigenvalue weighted by molar-refractivity contribution is 5.31. The molecule has 0 aliphatic heterocycles. The van der Waals surface area contributed by atoms with E-state index < -0.39 is 17.7 Å². The molecule has 4 heteroatoms. The number of hydrogen-bond acceptors (Lipinski definition) is 2. The number of pyridine rings is 1. The molecule has 0 aliphatic carbocycles. The maximum atomic E-state index is 13.5. The highest BCUT2D eigenvalue weighted by atomic mass is 19.2. The van der Waals surface area contributed by atoms with Crippen molar-refractivity contribution in [3.63, 3.8) is 0 Å². The van der Waals surface area contributed by atoms with Gasteiger partial charge in [0.2, 0.25) is 0 Å². The Morgan fingerprint density at radius 1 is 1.06 bits per heavy atom. The van der Waals surface area contributed by atoms with E-state index >= 15 is 0 Å². The molecular weight excluding hydrogens is 210 g/mol. The van der Waals surface area contributed by atoms with Crippen LogP contribution in [0.4, 0.5) is 8.78 Å². The van der Waals surface area contributed by atoms with E-state index in [1.54, 1.807) is 24.5 Å². The molecular formula is C12H10F2N2. The number of nitrogens with two attached hydrogens (primary N) is 1. The molecule has 0 spiro atoms. The standard InChI is InChI=1S/C12H10F2N2/c13-10-3-1-2-9(11(10)14)12(15)8-4-6-16-7-5-8/h1-7,12H,15H2. The fourth-order valence-electron chi connectivity index (χ4n) is 1.51. The number of halogens is 2. The Morgan fingerprint density at radius 3 is 2.44 bits per heavy atom. The van der Waals surface area contributed by atoms with Gasteiger partial charge >= 0.3 is 0 Å². The number of aromatic nitrogens is 1. The zero-order chi connectivity index (χ0) is 11.5. The van der Waals surface area contributed by atoms with E-state index in [9.17, 15) is 8.78 Å². The summed E-state index contributed by atoms with van der Waals surface area (Å²) in [5.74, 6) is -1.78. The van der Waals surface area contributed by atoms with Gasteiger partial charge in [0, 0.05) is 18.0 Å². The summed E-state index contributed by atoms with van der Waals surface area (Å²) in [6, 6.07) is 6.65. The highest BCUT2D eigenvalue weighted by Crippen LogP contribution is 2.22. The highest BCUT2D eigenvalue weighted by Gasteiger charge is 2.15. The van der Waals surface area contributed by atoms with E-state index in [-0.39, 0.29) is 5.56 Å². The molecule has 1 atom stereocenters. The Hall–Kier alpha value is -1.81. The molecule has 0 fully saturated rings. The van der Waals surface area contributed by atoms with Crippen LogP contribution in [0.3, 0.4) is 0 Å². The first-order valence-electron chi connectivity index (χ1n) is 4.79. The van der Waals surface area contributed by atoms with Gasteiger partial charge in [-0.1, -0.05) is 12.1 Å². The molecule has 2 N–H and O–H groups in total. The topological polar surface area (TPSA) is 38.9 Å². The molecule has 2 nitrogen and oxygen atoms in total. The van der Waals surface area contributed by atoms with Gasteiger partial charge in [-0.15, -0.1) is 0 Å². The second-order valence-electron chi connectivity index (χ2n) is 3.40. The van der Waals surface area contributed by atoms with Crippen LogP contribution < -0.4 is 5.73 Å². The van der Waals surface area contributed by atoms with E-state index in [2.05, 4.69) is 4.98 Å². The van der Waals surface area contributed by atoms with Crippen LogP contribution in [0.1, 0.15) is 17.2 Å². The molecule has 0 saturated carbocycles. The molecule has 1 aromatic carbocycles. The zero-order valence-electron chi connectivity index (χ0n) is 8.40. The van der Waals surface area contributed by atoms with Crippen molar-refractivity contribution in [3.8, 4) is 0 Å². The summed E-state index contributed by atoms with van der Waals surface area (Å²) in [6.07, 6.45) is 3.12. The van der Waals surface area contributed by atoms with Gasteiger partial charge in [0.25, 0.3) is 0 Å². The maximum absolute atomic E-state index is 13.5. The first kappa shape index (κ1) is 10.7. The van der Waals surface area contributed by atoms with Gasteiger partial charge in [-0.2, -0.15) is 0 Å². The molecule has 0 aliphatic rings. The minimum Gasteiger partial charge on any atom is -0.320 e. The third kappa shape index (κ3) is 1.92. The largest absolute Gasteiger partial charge is 0.320 e. The quantitative estimate of drug-likeness (QED) is 0.844. The van der Waals surface area contributed by atoms with Crippen molar-refractivity contribution >= 4 is 0 Å². The molecule has 0 radical (unpaired) electrons. The van der Waals surface area contributed by atoms with Crippen LogP contribution in [0.25, 0.3) is 0 Å². The molecule has 1 unspecified atom stereocenters. The van der Waals surface area contributed by atoms with Crippen LogP contribution in [0.5, 0.6) is 0 Å². The normalized spacial score (nSPS) is 12.4. The number of nitrogens with zero attached hydrogens (tertiary/aromatic N) is 1. The third-order valence-electron chi connectivity index (χ3n) is 2.38. The predicted octanol–water partition coefficient (Wildman–Crippen LogP) is 2.41. The lowest BCUT2D eigenvalue weighted by atomic mass is 10.00. The minimum atomic E-state index is -0.896. The van der Waals surface area contributed by atoms with Crippen LogP contribution in [0.15, 0.2) is 42.7 Å². The Labute approximate surface area is 91.7 Å². The smallest absolute Gasteiger partial charge is 0.163 e. The van der Waals surface area contributed by atoms with Crippen molar-refractivity contribution in [1.82, 2.24) is 4.98 Å². The molecule has 1 heterocycles. The number of hydrogen-bond donors (Lipinski definition) is 1. The van der Waals surface area contributed by atoms with Crippen LogP contribution in [-0.4, -0.2) is 4.98 Å². The van der Waals surface area contributed by atoms with E-state index in [0.717, 1.165) is 6.07 Å². The summed E-state index contributed by atoms with van der Waals surface area (Å²) in [6.45, 7) is 0. The first-order chi connectivity index (χ1) is 7.70. The Bertz CT molecular complexity index is 486. The van der Waals surface area contributed by atoms with Gasteiger partial charge in [-0.05, 0) is 23.8 Å². The summed E-state index contributed by atoms with van der Waals surface area (Å²) in [5.41, 5.74) is 6.69. The third-order valence-corrected chi connectivity index (χ3v) is 2.38. The van der Waals surface area contributed by atoms with Gasteiger partial charge in [-0.25, -0.2) is 8.78 Å². The van der Waals surface area contributed by atoms with Crippen molar-refractivity contribution in [2.45, 2.75) is 6.04 Å². The molecule has 16 heavy (non-hydrogen) atoms. The molecule has 2 rings (SSSR count). The summed E-state index contributed by atoms with van der Waals surface area (Å²) < 4.78 is 26.5. The zero-order valence-corrected chi connectivity index (χ0v) is 8.40. The monoisotopic (exact) mass is 220 g/mol. The van der Waals surface area contributed by atoms with Gasteiger partial charge in [-0.3, -0.25) is 4.98 Å². The van der Waals surface area contributed by atoms with Crippen molar-refractivity contribution < 1.29 is 8.78 Å². The fraction of sp³-hybridized carbons (Fsp3) is 0.0833. The van der Waals surface area contributed by atoms with Gasteiger partial charge < -0.3 is 5.73 Å². The van der Waals surface area contributed by atoms with Crippen LogP contribution in [0.2, 0.25) is 0 Å². The van der Waals surface area contributed by atoms with E-state index in [1.807, 2.05) is 0 Å². The van der Waals surface area contributed by atoms with Crippen molar-refractivity contribution in [3.05, 3.63) is 65.5 Å². The van der Waals surface area contributed by atoms with E-state index in [4.69, 9.17) is 5.73 Å². The molecule has 82 valence electrons. The second kappa shape index (κ2) is 4.37. The van der Waals surface area contributed by atoms with Crippen LogP contribution in [0, 0.1) is 11.6 Å². The lowest BCUT2D eigenvalue weighted by Gasteiger charge is -2.13. The lowest BCUT2D eigenvalue weighted by Crippen LogP contribution is -2.14. The number of rotatable bonds is 2. The maximum Gasteiger partial charge on any atom is 0.163 e. The van der Waals surface area contributed by atoms with Crippen molar-refractivity contribution in [2.24, 2.45) is 5.73 Å². The van der Waals surface area contributed by atoms with Gasteiger partial charge in [0.05, 0.1) is 6.04 Å². The molecule has 2 aromatic rings. The Balaban J connectivity index is 2.42. The first-order valence-corrected chi connectivity index (χ1v) is 4.79. The van der Waals surface area contributed by atoms with E-state index in [1.165, 1.54) is 12.1 Å². The SMILES string of the molecule is NC(c1ccncc1)c1cccc(F)c1F. The Kier molecular flexibility index (Phi) is 2.92. The minimum absolute atomic E-state index is 0.145.